The zero-order chi connectivity index (χ0) is 0. The Kier molecular flexibility index (Phi) is 9500. The van der Waals surface area contributed by atoms with Crippen molar-refractivity contribution in [3.8, 4) is 0 Å². The van der Waals surface area contributed by atoms with Gasteiger partial charge in [-0.25, -0.2) is 0 Å². The van der Waals surface area contributed by atoms with Gasteiger partial charge >= 0.3 is 59.1 Å². The zero-order valence-corrected chi connectivity index (χ0v) is 9.50. The van der Waals surface area contributed by atoms with E-state index in [-0.39, 0.29) is 100 Å². The Balaban J connectivity index is 0. The van der Waals surface area contributed by atoms with Crippen molar-refractivity contribution in [1.29, 1.82) is 0 Å². The molecule has 9 heteroatoms. The Morgan fingerprint density at radius 3 is 0.333 bits per heavy atom. The summed E-state index contributed by atoms with van der Waals surface area (Å²) >= 11 is 0. The monoisotopic (exact) mass is 174 g/mol. The second-order valence-electron chi connectivity index (χ2n) is 0. The molecule has 0 saturated heterocycles. The number of hydrogen-bond acceptors (Lipinski definition) is 0. The van der Waals surface area contributed by atoms with E-state index < -0.39 is 0 Å². The molecule has 7 nitrogen and oxygen atoms in total. The fourth-order valence-corrected chi connectivity index (χ4v) is 0. The molecule has 0 aliphatic heterocycles. The first-order valence-electron chi connectivity index (χ1n) is 0. The summed E-state index contributed by atoms with van der Waals surface area (Å²) < 4.78 is 0. The molecule has 0 amide bonds. The normalized spacial score (nSPS) is 0. The minimum absolute atomic E-state index is 0. The molecule has 9 heavy (non-hydrogen) atoms. The Labute approximate surface area is 99.5 Å². The molecule has 0 fully saturated rings. The first-order chi connectivity index (χ1) is 0. The van der Waals surface area contributed by atoms with E-state index >= 15 is 0 Å². The fraction of sp³-hybridized carbons (Fsp3) is 0. The Bertz CT molecular complexity index is 14.4. The first-order valence-corrected chi connectivity index (χ1v) is 0. The summed E-state index contributed by atoms with van der Waals surface area (Å²) in [5.41, 5.74) is 0. The van der Waals surface area contributed by atoms with Crippen molar-refractivity contribution in [2.75, 3.05) is 0 Å². The third-order valence-electron chi connectivity index (χ3n) is 0. The molecule has 0 aliphatic carbocycles. The quantitative estimate of drug-likeness (QED) is 0.312. The maximum atomic E-state index is 0. The molecule has 0 spiro atoms. The molecule has 0 bridgehead atoms. The van der Waals surface area contributed by atoms with Crippen molar-refractivity contribution in [3.05, 3.63) is 0 Å². The fourth-order valence-electron chi connectivity index (χ4n) is 0. The summed E-state index contributed by atoms with van der Waals surface area (Å²) in [5, 5.41) is 0. The topological polar surface area (TPSA) is 220 Å². The molecule has 0 aromatic carbocycles. The standard InChI is InChI=1S/2Na.7H2O.2H/h;;7*1H2;;/q2*+1;;;;;;;;2*-1. The molecular weight excluding hydrogens is 158 g/mol. The van der Waals surface area contributed by atoms with E-state index in [1.54, 1.807) is 0 Å². The van der Waals surface area contributed by atoms with E-state index in [0.717, 1.165) is 0 Å². The van der Waals surface area contributed by atoms with Gasteiger partial charge in [-0.05, 0) is 0 Å². The van der Waals surface area contributed by atoms with Crippen molar-refractivity contribution < 1.29 is 100 Å². The van der Waals surface area contributed by atoms with Crippen molar-refractivity contribution in [3.63, 3.8) is 0 Å². The van der Waals surface area contributed by atoms with Crippen molar-refractivity contribution in [2.24, 2.45) is 0 Å². The Morgan fingerprint density at radius 1 is 0.333 bits per heavy atom. The van der Waals surface area contributed by atoms with Crippen LogP contribution in [0, 0.1) is 0 Å². The van der Waals surface area contributed by atoms with Gasteiger partial charge in [0.05, 0.1) is 0 Å². The maximum Gasteiger partial charge on any atom is 1.00 e. The van der Waals surface area contributed by atoms with Crippen molar-refractivity contribution in [1.82, 2.24) is 0 Å². The van der Waals surface area contributed by atoms with Crippen LogP contribution in [0.1, 0.15) is 2.85 Å². The van der Waals surface area contributed by atoms with E-state index in [2.05, 4.69) is 0 Å². The smallest absolute Gasteiger partial charge is 1.00 e. The largest absolute Gasteiger partial charge is 1.00 e. The van der Waals surface area contributed by atoms with Crippen LogP contribution >= 0.6 is 0 Å². The molecule has 0 atom stereocenters. The van der Waals surface area contributed by atoms with Crippen molar-refractivity contribution in [2.45, 2.75) is 0 Å². The third-order valence-corrected chi connectivity index (χ3v) is 0. The molecule has 14 N–H and O–H groups in total. The molecule has 0 aromatic rings. The van der Waals surface area contributed by atoms with Crippen molar-refractivity contribution >= 4 is 0 Å². The minimum Gasteiger partial charge on any atom is -1.00 e. The summed E-state index contributed by atoms with van der Waals surface area (Å²) in [6.07, 6.45) is 0. The van der Waals surface area contributed by atoms with Gasteiger partial charge in [-0.3, -0.25) is 0 Å². The van der Waals surface area contributed by atoms with Gasteiger partial charge in [-0.15, -0.1) is 0 Å². The summed E-state index contributed by atoms with van der Waals surface area (Å²) in [7, 11) is 0. The molecule has 0 saturated carbocycles. The predicted molar refractivity (Wildman–Crippen MR) is 27.5 cm³/mol. The van der Waals surface area contributed by atoms with Crippen LogP contribution in [0.25, 0.3) is 0 Å². The Hall–Kier alpha value is 1.72. The summed E-state index contributed by atoms with van der Waals surface area (Å²) in [4.78, 5) is 0. The Morgan fingerprint density at radius 2 is 0.333 bits per heavy atom. The van der Waals surface area contributed by atoms with Crippen LogP contribution in [0.3, 0.4) is 0 Å². The summed E-state index contributed by atoms with van der Waals surface area (Å²) in [6.45, 7) is 0. The predicted octanol–water partition coefficient (Wildman–Crippen LogP) is -11.5. The number of rotatable bonds is 0. The molecular formula is H16Na2O7. The van der Waals surface area contributed by atoms with Gasteiger partial charge in [0.1, 0.15) is 0 Å². The van der Waals surface area contributed by atoms with Gasteiger partial charge in [0, 0.05) is 0 Å². The molecule has 0 unspecified atom stereocenters. The van der Waals surface area contributed by atoms with Crippen LogP contribution < -0.4 is 59.1 Å². The number of hydrogen-bond donors (Lipinski definition) is 0. The van der Waals surface area contributed by atoms with E-state index in [9.17, 15) is 0 Å². The maximum absolute atomic E-state index is 0. The molecule has 0 radical (unpaired) electrons. The average molecular weight is 174 g/mol. The van der Waals surface area contributed by atoms with Gasteiger partial charge in [-0.2, -0.15) is 0 Å². The van der Waals surface area contributed by atoms with Crippen LogP contribution in [0.2, 0.25) is 0 Å². The van der Waals surface area contributed by atoms with Crippen LogP contribution in [-0.2, 0) is 0 Å². The van der Waals surface area contributed by atoms with E-state index in [1.165, 1.54) is 0 Å². The van der Waals surface area contributed by atoms with Crippen LogP contribution in [0.4, 0.5) is 0 Å². The molecule has 0 heterocycles. The zero-order valence-electron chi connectivity index (χ0n) is 7.50. The SMILES string of the molecule is O.O.O.O.O.O.O.[H-].[H-].[Na+].[Na+]. The van der Waals surface area contributed by atoms with Crippen LogP contribution in [0.5, 0.6) is 0 Å². The second-order valence-corrected chi connectivity index (χ2v) is 0. The minimum atomic E-state index is 0. The van der Waals surface area contributed by atoms with Gasteiger partial charge in [0.25, 0.3) is 0 Å². The van der Waals surface area contributed by atoms with Gasteiger partial charge in [0.15, 0.2) is 0 Å². The summed E-state index contributed by atoms with van der Waals surface area (Å²) in [6, 6.07) is 0. The van der Waals surface area contributed by atoms with E-state index in [0.29, 0.717) is 0 Å². The van der Waals surface area contributed by atoms with Crippen LogP contribution in [0.15, 0.2) is 0 Å². The van der Waals surface area contributed by atoms with Gasteiger partial charge in [-0.1, -0.05) is 0 Å². The van der Waals surface area contributed by atoms with E-state index in [4.69, 9.17) is 0 Å². The molecule has 0 aromatic heterocycles. The first kappa shape index (κ1) is 342. The van der Waals surface area contributed by atoms with E-state index in [1.807, 2.05) is 0 Å². The molecule has 60 valence electrons. The molecule has 0 aliphatic rings. The second kappa shape index (κ2) is 250. The van der Waals surface area contributed by atoms with Gasteiger partial charge < -0.3 is 41.2 Å². The summed E-state index contributed by atoms with van der Waals surface area (Å²) in [5.74, 6) is 0. The van der Waals surface area contributed by atoms with Crippen LogP contribution in [-0.4, -0.2) is 38.3 Å². The van der Waals surface area contributed by atoms with Gasteiger partial charge in [0.2, 0.25) is 0 Å². The third kappa shape index (κ3) is 196. The molecule has 0 rings (SSSR count). The average Bonchev–Trinajstić information content (AvgIpc) is 0.